The van der Waals surface area contributed by atoms with Gasteiger partial charge < -0.3 is 0 Å². The SMILES string of the molecule is P.[Ca].[Cu].[Fe].[K].[Mg]. The molecular weight excluding hydrogens is 254 g/mol. The van der Waals surface area contributed by atoms with Crippen molar-refractivity contribution in [1.29, 1.82) is 0 Å². The van der Waals surface area contributed by atoms with E-state index in [1.165, 1.54) is 0 Å². The van der Waals surface area contributed by atoms with Crippen LogP contribution in [0.1, 0.15) is 0 Å². The Hall–Kier alpha value is 5.13. The first-order chi connectivity index (χ1) is 0. The molecule has 0 aromatic rings. The van der Waals surface area contributed by atoms with Crippen LogP contribution in [0, 0.1) is 0 Å². The van der Waals surface area contributed by atoms with Gasteiger partial charge in [0.05, 0.1) is 0 Å². The molecule has 1 unspecified atom stereocenters. The summed E-state index contributed by atoms with van der Waals surface area (Å²) in [4.78, 5) is 0. The average Bonchev–Trinajstić information content (AvgIpc) is 0. The zero-order chi connectivity index (χ0) is 0. The van der Waals surface area contributed by atoms with Crippen LogP contribution in [0.4, 0.5) is 0 Å². The minimum atomic E-state index is 0. The van der Waals surface area contributed by atoms with Crippen LogP contribution >= 0.6 is 9.90 Å². The zero-order valence-electron chi connectivity index (χ0n) is 3.78. The molecule has 6 heteroatoms. The van der Waals surface area contributed by atoms with Crippen LogP contribution in [0.5, 0.6) is 0 Å². The van der Waals surface area contributed by atoms with Crippen molar-refractivity contribution in [3.8, 4) is 0 Å². The molecule has 1 atom stereocenters. The summed E-state index contributed by atoms with van der Waals surface area (Å²) in [5, 5.41) is 0. The van der Waals surface area contributed by atoms with Crippen LogP contribution in [0.3, 0.4) is 0 Å². The van der Waals surface area contributed by atoms with E-state index in [-0.39, 0.29) is 156 Å². The molecule has 0 nitrogen and oxygen atoms in total. The van der Waals surface area contributed by atoms with Gasteiger partial charge in [-0.05, 0) is 0 Å². The Labute approximate surface area is 152 Å². The normalized spacial score (nSPS) is 0. The fourth-order valence-electron chi connectivity index (χ4n) is 0. The van der Waals surface area contributed by atoms with Gasteiger partial charge in [-0.1, -0.05) is 0 Å². The molecule has 0 heterocycles. The van der Waals surface area contributed by atoms with E-state index >= 15 is 0 Å². The van der Waals surface area contributed by atoms with Gasteiger partial charge in [0.15, 0.2) is 0 Å². The number of hydrogen-bond acceptors (Lipinski definition) is 0. The zero-order valence-corrected chi connectivity index (χ0v) is 14.0. The number of rotatable bonds is 0. The van der Waals surface area contributed by atoms with Crippen molar-refractivity contribution >= 4 is 122 Å². The quantitative estimate of drug-likeness (QED) is 0.382. The second-order valence-electron chi connectivity index (χ2n) is 0. The molecule has 0 aliphatic rings. The summed E-state index contributed by atoms with van der Waals surface area (Å²) >= 11 is 0. The molecule has 0 aliphatic heterocycles. The summed E-state index contributed by atoms with van der Waals surface area (Å²) < 4.78 is 0. The largest absolute Gasteiger partial charge is 0.153 e. The summed E-state index contributed by atoms with van der Waals surface area (Å²) in [7, 11) is 0. The molecule has 0 aromatic carbocycles. The van der Waals surface area contributed by atoms with E-state index in [4.69, 9.17) is 0 Å². The van der Waals surface area contributed by atoms with E-state index < -0.39 is 0 Å². The van der Waals surface area contributed by atoms with Crippen molar-refractivity contribution in [2.24, 2.45) is 0 Å². The minimum absolute atomic E-state index is 0. The molecule has 6 radical (unpaired) electrons. The molecule has 32 valence electrons. The van der Waals surface area contributed by atoms with Crippen LogP contribution in [-0.2, 0) is 34.1 Å². The Kier molecular flexibility index (Phi) is 232. The third-order valence-electron chi connectivity index (χ3n) is 0. The number of hydrogen-bond donors (Lipinski definition) is 0. The molecular formula is H3CaCuFeKMgP. The first-order valence-corrected chi connectivity index (χ1v) is 0. The van der Waals surface area contributed by atoms with Gasteiger partial charge in [0.25, 0.3) is 0 Å². The van der Waals surface area contributed by atoms with Crippen molar-refractivity contribution in [2.45, 2.75) is 0 Å². The van der Waals surface area contributed by atoms with Gasteiger partial charge in [-0.25, -0.2) is 0 Å². The van der Waals surface area contributed by atoms with E-state index in [0.29, 0.717) is 0 Å². The average molecular weight is 257 g/mol. The molecule has 0 saturated heterocycles. The maximum Gasteiger partial charge on any atom is 0 e. The van der Waals surface area contributed by atoms with E-state index in [0.717, 1.165) is 0 Å². The predicted molar refractivity (Wildman–Crippen MR) is 28.4 cm³/mol. The fraction of sp³-hybridized carbons (Fsp3) is 0. The molecule has 0 rings (SSSR count). The Morgan fingerprint density at radius 3 is 1.00 bits per heavy atom. The van der Waals surface area contributed by atoms with E-state index in [9.17, 15) is 0 Å². The Morgan fingerprint density at radius 2 is 1.00 bits per heavy atom. The second kappa shape index (κ2) is 32.1. The van der Waals surface area contributed by atoms with Crippen LogP contribution in [-0.4, -0.2) is 112 Å². The van der Waals surface area contributed by atoms with Gasteiger partial charge in [0.1, 0.15) is 0 Å². The molecule has 0 bridgehead atoms. The van der Waals surface area contributed by atoms with Gasteiger partial charge >= 0.3 is 0 Å². The summed E-state index contributed by atoms with van der Waals surface area (Å²) in [5.74, 6) is 0. The van der Waals surface area contributed by atoms with Gasteiger partial charge in [0, 0.05) is 146 Å². The van der Waals surface area contributed by atoms with Crippen LogP contribution in [0.2, 0.25) is 0 Å². The van der Waals surface area contributed by atoms with Crippen LogP contribution < -0.4 is 0 Å². The summed E-state index contributed by atoms with van der Waals surface area (Å²) in [5.41, 5.74) is 0. The van der Waals surface area contributed by atoms with E-state index in [1.807, 2.05) is 0 Å². The first-order valence-electron chi connectivity index (χ1n) is 0. The standard InChI is InChI=1S/Ca.Cu.Fe.K.Mg.H3P/h;;;;;1H3. The third-order valence-corrected chi connectivity index (χ3v) is 0. The van der Waals surface area contributed by atoms with Crippen LogP contribution in [0.25, 0.3) is 0 Å². The Balaban J connectivity index is 0. The molecule has 0 spiro atoms. The van der Waals surface area contributed by atoms with Gasteiger partial charge in [0.2, 0.25) is 0 Å². The molecule has 0 amide bonds. The molecule has 0 fully saturated rings. The van der Waals surface area contributed by atoms with E-state index in [2.05, 4.69) is 0 Å². The van der Waals surface area contributed by atoms with Gasteiger partial charge in [-0.15, -0.1) is 0 Å². The Morgan fingerprint density at radius 1 is 1.00 bits per heavy atom. The smallest absolute Gasteiger partial charge is 0 e. The van der Waals surface area contributed by atoms with Crippen molar-refractivity contribution in [2.75, 3.05) is 0 Å². The Bertz CT molecular complexity index is 15.5. The minimum Gasteiger partial charge on any atom is -0.153 e. The molecule has 0 saturated carbocycles. The monoisotopic (exact) mass is 256 g/mol. The summed E-state index contributed by atoms with van der Waals surface area (Å²) in [6.45, 7) is 0. The fourth-order valence-corrected chi connectivity index (χ4v) is 0. The summed E-state index contributed by atoms with van der Waals surface area (Å²) in [6, 6.07) is 0. The van der Waals surface area contributed by atoms with Crippen molar-refractivity contribution in [1.82, 2.24) is 0 Å². The summed E-state index contributed by atoms with van der Waals surface area (Å²) in [6.07, 6.45) is 0. The molecule has 6 heavy (non-hydrogen) atoms. The third kappa shape index (κ3) is 22.9. The first kappa shape index (κ1) is 43.4. The van der Waals surface area contributed by atoms with Crippen molar-refractivity contribution < 1.29 is 34.1 Å². The van der Waals surface area contributed by atoms with Gasteiger partial charge in [-0.2, -0.15) is 9.90 Å². The van der Waals surface area contributed by atoms with E-state index in [1.54, 1.807) is 0 Å². The second-order valence-corrected chi connectivity index (χ2v) is 0. The topological polar surface area (TPSA) is 0 Å². The van der Waals surface area contributed by atoms with Gasteiger partial charge in [-0.3, -0.25) is 0 Å². The molecule has 0 aliphatic carbocycles. The molecule has 0 aromatic heterocycles. The van der Waals surface area contributed by atoms with Crippen molar-refractivity contribution in [3.05, 3.63) is 0 Å². The molecule has 0 N–H and O–H groups in total. The predicted octanol–water partition coefficient (Wildman–Crippen LogP) is -1.09. The van der Waals surface area contributed by atoms with Crippen LogP contribution in [0.15, 0.2) is 0 Å². The maximum atomic E-state index is 0. The van der Waals surface area contributed by atoms with Crippen molar-refractivity contribution in [3.63, 3.8) is 0 Å². The maximum absolute atomic E-state index is 0.